The molecule has 2 fully saturated rings. The highest BCUT2D eigenvalue weighted by Crippen LogP contribution is 2.43. The Kier molecular flexibility index (Phi) is 7.45. The molecule has 4 aliphatic rings. The molecule has 0 saturated carbocycles. The monoisotopic (exact) mass is 558 g/mol. The second-order valence-corrected chi connectivity index (χ2v) is 12.9. The van der Waals surface area contributed by atoms with Crippen LogP contribution in [-0.2, 0) is 16.1 Å². The van der Waals surface area contributed by atoms with E-state index < -0.39 is 6.04 Å². The minimum Gasteiger partial charge on any atom is -0.382 e. The van der Waals surface area contributed by atoms with Crippen LogP contribution < -0.4 is 10.6 Å². The smallest absolute Gasteiger partial charge is 0.255 e. The molecule has 2 saturated heterocycles. The van der Waals surface area contributed by atoms with E-state index in [2.05, 4.69) is 29.4 Å². The first-order valence-electron chi connectivity index (χ1n) is 14.9. The largest absolute Gasteiger partial charge is 0.382 e. The molecule has 3 heterocycles. The number of piperidine rings is 2. The number of nitrogens with zero attached hydrogens (tertiary/aromatic N) is 2. The maximum absolute atomic E-state index is 13.6. The van der Waals surface area contributed by atoms with E-state index in [9.17, 15) is 18.8 Å². The molecule has 0 aromatic heterocycles. The normalized spacial score (nSPS) is 23.5. The zero-order chi connectivity index (χ0) is 28.7. The van der Waals surface area contributed by atoms with E-state index in [0.29, 0.717) is 24.6 Å². The van der Waals surface area contributed by atoms with E-state index in [4.69, 9.17) is 0 Å². The topological polar surface area (TPSA) is 81.8 Å². The molecule has 216 valence electrons. The molecule has 0 radical (unpaired) electrons. The van der Waals surface area contributed by atoms with Crippen LogP contribution in [0, 0.1) is 11.2 Å². The number of anilines is 1. The zero-order valence-corrected chi connectivity index (χ0v) is 24.0. The van der Waals surface area contributed by atoms with E-state index >= 15 is 0 Å². The number of imide groups is 1. The summed E-state index contributed by atoms with van der Waals surface area (Å²) in [6, 6.07) is 12.6. The van der Waals surface area contributed by atoms with Crippen LogP contribution in [0.15, 0.2) is 48.0 Å². The number of nitrogens with one attached hydrogen (secondary N) is 2. The molecule has 1 atom stereocenters. The number of carbonyl (C=O) groups excluding carboxylic acids is 3. The van der Waals surface area contributed by atoms with Crippen LogP contribution in [0.4, 0.5) is 10.1 Å². The zero-order valence-electron chi connectivity index (χ0n) is 24.0. The van der Waals surface area contributed by atoms with Crippen molar-refractivity contribution in [2.75, 3.05) is 25.0 Å². The number of amides is 3. The minimum atomic E-state index is -0.595. The van der Waals surface area contributed by atoms with Gasteiger partial charge in [0.2, 0.25) is 11.8 Å². The summed E-state index contributed by atoms with van der Waals surface area (Å²) in [5, 5.41) is 6.04. The molecular formula is C33H39FN4O3. The van der Waals surface area contributed by atoms with Gasteiger partial charge in [-0.15, -0.1) is 0 Å². The number of halogens is 1. The van der Waals surface area contributed by atoms with Gasteiger partial charge in [-0.25, -0.2) is 4.39 Å². The highest BCUT2D eigenvalue weighted by Gasteiger charge is 2.39. The Morgan fingerprint density at radius 3 is 2.49 bits per heavy atom. The fourth-order valence-electron chi connectivity index (χ4n) is 6.87. The number of rotatable bonds is 6. The summed E-state index contributed by atoms with van der Waals surface area (Å²) < 4.78 is 13.6. The van der Waals surface area contributed by atoms with Crippen molar-refractivity contribution in [1.29, 1.82) is 0 Å². The summed E-state index contributed by atoms with van der Waals surface area (Å²) in [5.74, 6) is -0.998. The van der Waals surface area contributed by atoms with Gasteiger partial charge in [0.1, 0.15) is 11.9 Å². The van der Waals surface area contributed by atoms with Crippen LogP contribution in [0.2, 0.25) is 0 Å². The lowest BCUT2D eigenvalue weighted by molar-refractivity contribution is -0.136. The first-order valence-corrected chi connectivity index (χ1v) is 14.9. The Morgan fingerprint density at radius 2 is 1.76 bits per heavy atom. The van der Waals surface area contributed by atoms with E-state index in [0.717, 1.165) is 62.1 Å². The summed E-state index contributed by atoms with van der Waals surface area (Å²) in [5.41, 5.74) is 6.84. The SMILES string of the molecule is CC1(C)CCC(CN2CCC(Nc3ccc4c(c3)CN(C3CCC(=O)NC3=O)C4=O)CC2)=C(c2ccc(F)cc2)C1. The van der Waals surface area contributed by atoms with Crippen molar-refractivity contribution in [3.8, 4) is 0 Å². The molecule has 2 aromatic rings. The minimum absolute atomic E-state index is 0.144. The summed E-state index contributed by atoms with van der Waals surface area (Å²) >= 11 is 0. The first kappa shape index (κ1) is 27.6. The average molecular weight is 559 g/mol. The second-order valence-electron chi connectivity index (χ2n) is 12.9. The maximum atomic E-state index is 13.6. The highest BCUT2D eigenvalue weighted by atomic mass is 19.1. The average Bonchev–Trinajstić information content (AvgIpc) is 3.26. The summed E-state index contributed by atoms with van der Waals surface area (Å²) in [6.45, 7) is 8.02. The number of fused-ring (bicyclic) bond motifs is 1. The fourth-order valence-corrected chi connectivity index (χ4v) is 6.87. The van der Waals surface area contributed by atoms with Gasteiger partial charge < -0.3 is 10.2 Å². The van der Waals surface area contributed by atoms with E-state index in [1.165, 1.54) is 17.6 Å². The van der Waals surface area contributed by atoms with E-state index in [1.807, 2.05) is 30.3 Å². The Balaban J connectivity index is 1.07. The van der Waals surface area contributed by atoms with Crippen molar-refractivity contribution >= 4 is 29.0 Å². The quantitative estimate of drug-likeness (QED) is 0.481. The molecule has 8 heteroatoms. The molecule has 3 amide bonds. The lowest BCUT2D eigenvalue weighted by Gasteiger charge is -2.38. The summed E-state index contributed by atoms with van der Waals surface area (Å²) in [7, 11) is 0. The van der Waals surface area contributed by atoms with Crippen molar-refractivity contribution in [1.82, 2.24) is 15.1 Å². The Hall–Kier alpha value is -3.52. The van der Waals surface area contributed by atoms with Gasteiger partial charge >= 0.3 is 0 Å². The van der Waals surface area contributed by atoms with Crippen molar-refractivity contribution in [3.63, 3.8) is 0 Å². The van der Waals surface area contributed by atoms with Gasteiger partial charge in [-0.3, -0.25) is 24.6 Å². The third-order valence-corrected chi connectivity index (χ3v) is 9.27. The Labute approximate surface area is 241 Å². The standard InChI is InChI=1S/C33H39FN4O3/c1-33(2)14-11-22(28(18-33)21-3-5-24(34)6-4-21)19-37-15-12-25(13-16-37)35-26-7-8-27-23(17-26)20-38(32(27)41)29-9-10-30(39)36-31(29)40/h3-8,17,25,29,35H,9-16,18-20H2,1-2H3,(H,36,39,40). The molecule has 1 unspecified atom stereocenters. The van der Waals surface area contributed by atoms with Crippen LogP contribution in [-0.4, -0.2) is 59.2 Å². The number of benzene rings is 2. The molecule has 41 heavy (non-hydrogen) atoms. The molecule has 3 aliphatic heterocycles. The van der Waals surface area contributed by atoms with E-state index in [-0.39, 0.29) is 35.4 Å². The van der Waals surface area contributed by atoms with Crippen LogP contribution in [0.25, 0.3) is 5.57 Å². The summed E-state index contributed by atoms with van der Waals surface area (Å²) in [4.78, 5) is 41.0. The lowest BCUT2D eigenvalue weighted by Crippen LogP contribution is -2.52. The van der Waals surface area contributed by atoms with Gasteiger partial charge in [-0.1, -0.05) is 31.6 Å². The number of hydrogen-bond donors (Lipinski definition) is 2. The van der Waals surface area contributed by atoms with Gasteiger partial charge in [0.15, 0.2) is 0 Å². The van der Waals surface area contributed by atoms with Gasteiger partial charge in [0, 0.05) is 49.9 Å². The van der Waals surface area contributed by atoms with Crippen LogP contribution in [0.1, 0.15) is 80.3 Å². The molecule has 2 aromatic carbocycles. The van der Waals surface area contributed by atoms with Crippen molar-refractivity contribution in [2.45, 2.75) is 77.4 Å². The number of carbonyl (C=O) groups is 3. The number of hydrogen-bond acceptors (Lipinski definition) is 5. The molecule has 2 N–H and O–H groups in total. The van der Waals surface area contributed by atoms with Crippen molar-refractivity contribution in [2.24, 2.45) is 5.41 Å². The summed E-state index contributed by atoms with van der Waals surface area (Å²) in [6.07, 6.45) is 5.97. The Bertz CT molecular complexity index is 1390. The lowest BCUT2D eigenvalue weighted by atomic mass is 9.72. The fraction of sp³-hybridized carbons (Fsp3) is 0.485. The van der Waals surface area contributed by atoms with Gasteiger partial charge in [-0.05, 0) is 91.0 Å². The highest BCUT2D eigenvalue weighted by molar-refractivity contribution is 6.05. The van der Waals surface area contributed by atoms with Crippen LogP contribution in [0.3, 0.4) is 0 Å². The molecule has 0 bridgehead atoms. The number of likely N-dealkylation sites (tertiary alicyclic amines) is 1. The maximum Gasteiger partial charge on any atom is 0.255 e. The molecule has 6 rings (SSSR count). The predicted octanol–water partition coefficient (Wildman–Crippen LogP) is 5.13. The van der Waals surface area contributed by atoms with Crippen molar-refractivity contribution in [3.05, 3.63) is 70.5 Å². The van der Waals surface area contributed by atoms with Gasteiger partial charge in [-0.2, -0.15) is 0 Å². The third-order valence-electron chi connectivity index (χ3n) is 9.27. The molecular weight excluding hydrogens is 519 g/mol. The van der Waals surface area contributed by atoms with Crippen molar-refractivity contribution < 1.29 is 18.8 Å². The first-order chi connectivity index (χ1) is 19.6. The van der Waals surface area contributed by atoms with E-state index in [1.54, 1.807) is 17.0 Å². The Morgan fingerprint density at radius 1 is 1.00 bits per heavy atom. The molecule has 1 aliphatic carbocycles. The second kappa shape index (κ2) is 11.0. The molecule has 7 nitrogen and oxygen atoms in total. The van der Waals surface area contributed by atoms with Crippen LogP contribution in [0.5, 0.6) is 0 Å². The molecule has 0 spiro atoms. The number of allylic oxidation sites excluding steroid dienone is 1. The van der Waals surface area contributed by atoms with Crippen LogP contribution >= 0.6 is 0 Å². The predicted molar refractivity (Wildman–Crippen MR) is 157 cm³/mol. The van der Waals surface area contributed by atoms with Gasteiger partial charge in [0.25, 0.3) is 5.91 Å². The van der Waals surface area contributed by atoms with Gasteiger partial charge in [0.05, 0.1) is 0 Å². The third kappa shape index (κ3) is 5.94.